The lowest BCUT2D eigenvalue weighted by molar-refractivity contribution is -0.117. The number of hydrogen-bond donors (Lipinski definition) is 2. The molecular formula is C22H27N5O3. The van der Waals surface area contributed by atoms with Crippen molar-refractivity contribution in [2.45, 2.75) is 44.7 Å². The zero-order valence-electron chi connectivity index (χ0n) is 17.0. The number of aliphatic hydroxyl groups is 1. The summed E-state index contributed by atoms with van der Waals surface area (Å²) in [5.41, 5.74) is 1.77. The van der Waals surface area contributed by atoms with Crippen LogP contribution >= 0.6 is 0 Å². The number of aliphatic hydroxyl groups excluding tert-OH is 1. The largest absolute Gasteiger partial charge is 0.395 e. The normalized spacial score (nSPS) is 16.7. The van der Waals surface area contributed by atoms with Gasteiger partial charge in [-0.3, -0.25) is 14.6 Å². The highest BCUT2D eigenvalue weighted by atomic mass is 16.3. The Labute approximate surface area is 175 Å². The van der Waals surface area contributed by atoms with Crippen LogP contribution < -0.4 is 10.2 Å². The first-order chi connectivity index (χ1) is 14.7. The second-order valence-corrected chi connectivity index (χ2v) is 7.76. The predicted octanol–water partition coefficient (Wildman–Crippen LogP) is 2.20. The molecule has 1 aliphatic heterocycles. The van der Waals surface area contributed by atoms with Gasteiger partial charge in [-0.25, -0.2) is 4.98 Å². The fraction of sp³-hybridized carbons (Fsp3) is 0.455. The van der Waals surface area contributed by atoms with Gasteiger partial charge in [-0.1, -0.05) is 25.3 Å². The number of aromatic nitrogens is 2. The molecule has 158 valence electrons. The number of amides is 2. The van der Waals surface area contributed by atoms with E-state index in [2.05, 4.69) is 15.3 Å². The molecule has 0 spiro atoms. The lowest BCUT2D eigenvalue weighted by Gasteiger charge is -2.34. The van der Waals surface area contributed by atoms with E-state index in [0.29, 0.717) is 30.2 Å². The number of fused-ring (bicyclic) bond motifs is 1. The number of pyridine rings is 2. The average molecular weight is 409 g/mol. The summed E-state index contributed by atoms with van der Waals surface area (Å²) in [6.45, 7) is 0.692. The van der Waals surface area contributed by atoms with Crippen molar-refractivity contribution < 1.29 is 14.7 Å². The van der Waals surface area contributed by atoms with Gasteiger partial charge in [0.05, 0.1) is 36.6 Å². The molecule has 2 aromatic heterocycles. The second kappa shape index (κ2) is 9.21. The third-order valence-electron chi connectivity index (χ3n) is 5.78. The van der Waals surface area contributed by atoms with Crippen LogP contribution in [0.4, 0.5) is 11.5 Å². The van der Waals surface area contributed by atoms with Crippen LogP contribution in [0.15, 0.2) is 36.7 Å². The molecule has 2 amide bonds. The molecule has 0 atom stereocenters. The summed E-state index contributed by atoms with van der Waals surface area (Å²) in [4.78, 5) is 38.0. The van der Waals surface area contributed by atoms with E-state index >= 15 is 0 Å². The first kappa shape index (κ1) is 20.3. The maximum absolute atomic E-state index is 13.3. The molecule has 2 N–H and O–H groups in total. The van der Waals surface area contributed by atoms with E-state index in [1.54, 1.807) is 28.3 Å². The van der Waals surface area contributed by atoms with E-state index in [9.17, 15) is 14.7 Å². The van der Waals surface area contributed by atoms with Crippen LogP contribution in [0.25, 0.3) is 0 Å². The van der Waals surface area contributed by atoms with Crippen molar-refractivity contribution in [1.82, 2.24) is 14.9 Å². The van der Waals surface area contributed by atoms with Gasteiger partial charge in [-0.05, 0) is 31.0 Å². The monoisotopic (exact) mass is 409 g/mol. The van der Waals surface area contributed by atoms with E-state index < -0.39 is 0 Å². The lowest BCUT2D eigenvalue weighted by atomic mass is 9.93. The van der Waals surface area contributed by atoms with Crippen LogP contribution in [0.2, 0.25) is 0 Å². The SMILES string of the molecule is O=C1CNc2ncc(C(=O)N(CCO)C3CCCCC3)cc2N1Cc1ccccn1. The predicted molar refractivity (Wildman–Crippen MR) is 113 cm³/mol. The molecule has 4 rings (SSSR count). The zero-order chi connectivity index (χ0) is 20.9. The van der Waals surface area contributed by atoms with Gasteiger partial charge in [0, 0.05) is 25.0 Å². The van der Waals surface area contributed by atoms with Crippen molar-refractivity contribution in [1.29, 1.82) is 0 Å². The number of rotatable bonds is 6. The number of anilines is 2. The molecule has 8 nitrogen and oxygen atoms in total. The topological polar surface area (TPSA) is 98.7 Å². The minimum absolute atomic E-state index is 0.0769. The first-order valence-corrected chi connectivity index (χ1v) is 10.5. The molecule has 0 unspecified atom stereocenters. The highest BCUT2D eigenvalue weighted by molar-refractivity contribution is 6.04. The molecule has 3 heterocycles. The third-order valence-corrected chi connectivity index (χ3v) is 5.78. The Morgan fingerprint density at radius 2 is 2.07 bits per heavy atom. The minimum atomic E-state index is -0.151. The average Bonchev–Trinajstić information content (AvgIpc) is 2.80. The molecule has 1 saturated carbocycles. The Kier molecular flexibility index (Phi) is 6.23. The summed E-state index contributed by atoms with van der Waals surface area (Å²) >= 11 is 0. The van der Waals surface area contributed by atoms with Crippen molar-refractivity contribution in [3.05, 3.63) is 47.9 Å². The molecule has 1 fully saturated rings. The number of nitrogens with zero attached hydrogens (tertiary/aromatic N) is 4. The second-order valence-electron chi connectivity index (χ2n) is 7.76. The van der Waals surface area contributed by atoms with Crippen molar-refractivity contribution in [3.63, 3.8) is 0 Å². The van der Waals surface area contributed by atoms with Crippen LogP contribution in [0.5, 0.6) is 0 Å². The van der Waals surface area contributed by atoms with E-state index in [1.165, 1.54) is 6.42 Å². The summed E-state index contributed by atoms with van der Waals surface area (Å²) in [6, 6.07) is 7.44. The molecule has 1 aliphatic carbocycles. The van der Waals surface area contributed by atoms with Gasteiger partial charge in [-0.2, -0.15) is 0 Å². The zero-order valence-corrected chi connectivity index (χ0v) is 17.0. The molecule has 0 bridgehead atoms. The molecule has 8 heteroatoms. The van der Waals surface area contributed by atoms with Crippen LogP contribution in [-0.2, 0) is 11.3 Å². The van der Waals surface area contributed by atoms with Crippen molar-refractivity contribution >= 4 is 23.3 Å². The quantitative estimate of drug-likeness (QED) is 0.759. The van der Waals surface area contributed by atoms with Gasteiger partial charge in [0.15, 0.2) is 5.82 Å². The van der Waals surface area contributed by atoms with Crippen molar-refractivity contribution in [3.8, 4) is 0 Å². The number of carbonyl (C=O) groups excluding carboxylic acids is 2. The van der Waals surface area contributed by atoms with Gasteiger partial charge in [0.2, 0.25) is 5.91 Å². The Hall–Kier alpha value is -3.00. The molecule has 0 aromatic carbocycles. The molecule has 2 aliphatic rings. The standard InChI is InChI=1S/C22H27N5O3/c28-11-10-26(18-7-2-1-3-8-18)22(30)16-12-19-21(24-13-16)25-14-20(29)27(19)15-17-6-4-5-9-23-17/h4-6,9,12-13,18,28H,1-3,7-8,10-11,14-15H2,(H,24,25). The van der Waals surface area contributed by atoms with Gasteiger partial charge in [0.25, 0.3) is 5.91 Å². The summed E-state index contributed by atoms with van der Waals surface area (Å²) in [6.07, 6.45) is 8.53. The van der Waals surface area contributed by atoms with Crippen LogP contribution in [-0.4, -0.2) is 57.5 Å². The highest BCUT2D eigenvalue weighted by Crippen LogP contribution is 2.31. The minimum Gasteiger partial charge on any atom is -0.395 e. The van der Waals surface area contributed by atoms with Gasteiger partial charge < -0.3 is 20.2 Å². The van der Waals surface area contributed by atoms with E-state index in [1.807, 2.05) is 18.2 Å². The number of nitrogens with one attached hydrogen (secondary N) is 1. The smallest absolute Gasteiger partial charge is 0.255 e. The van der Waals surface area contributed by atoms with Crippen molar-refractivity contribution in [2.75, 3.05) is 29.9 Å². The lowest BCUT2D eigenvalue weighted by Crippen LogP contribution is -2.43. The fourth-order valence-corrected chi connectivity index (χ4v) is 4.24. The van der Waals surface area contributed by atoms with Gasteiger partial charge in [-0.15, -0.1) is 0 Å². The molecule has 0 radical (unpaired) electrons. The first-order valence-electron chi connectivity index (χ1n) is 10.5. The highest BCUT2D eigenvalue weighted by Gasteiger charge is 2.30. The van der Waals surface area contributed by atoms with E-state index in [0.717, 1.165) is 31.4 Å². The summed E-state index contributed by atoms with van der Waals surface area (Å²) < 4.78 is 0. The summed E-state index contributed by atoms with van der Waals surface area (Å²) in [7, 11) is 0. The van der Waals surface area contributed by atoms with E-state index in [-0.39, 0.29) is 31.0 Å². The van der Waals surface area contributed by atoms with Crippen LogP contribution in [0, 0.1) is 0 Å². The maximum Gasteiger partial charge on any atom is 0.255 e. The number of carbonyl (C=O) groups is 2. The molecule has 30 heavy (non-hydrogen) atoms. The maximum atomic E-state index is 13.3. The van der Waals surface area contributed by atoms with E-state index in [4.69, 9.17) is 0 Å². The Morgan fingerprint density at radius 1 is 1.23 bits per heavy atom. The van der Waals surface area contributed by atoms with Crippen molar-refractivity contribution in [2.24, 2.45) is 0 Å². The summed E-state index contributed by atoms with van der Waals surface area (Å²) in [5, 5.41) is 12.5. The Bertz CT molecular complexity index is 899. The molecular weight excluding hydrogens is 382 g/mol. The fourth-order valence-electron chi connectivity index (χ4n) is 4.24. The molecule has 2 aromatic rings. The Balaban J connectivity index is 1.62. The van der Waals surface area contributed by atoms with Gasteiger partial charge in [0.1, 0.15) is 0 Å². The van der Waals surface area contributed by atoms with Crippen LogP contribution in [0.3, 0.4) is 0 Å². The van der Waals surface area contributed by atoms with Gasteiger partial charge >= 0.3 is 0 Å². The third kappa shape index (κ3) is 4.28. The Morgan fingerprint density at radius 3 is 2.80 bits per heavy atom. The molecule has 0 saturated heterocycles. The van der Waals surface area contributed by atoms with Crippen LogP contribution in [0.1, 0.15) is 48.2 Å². The summed E-state index contributed by atoms with van der Waals surface area (Å²) in [5.74, 6) is 0.328. The number of hydrogen-bond acceptors (Lipinski definition) is 6.